The third-order valence-electron chi connectivity index (χ3n) is 3.90. The summed E-state index contributed by atoms with van der Waals surface area (Å²) in [6.07, 6.45) is 0. The molecule has 24 heavy (non-hydrogen) atoms. The summed E-state index contributed by atoms with van der Waals surface area (Å²) in [5.74, 6) is 1.45. The van der Waals surface area contributed by atoms with Gasteiger partial charge in [-0.05, 0) is 49.2 Å². The second-order valence-electron chi connectivity index (χ2n) is 5.60. The molecule has 2 aromatic rings. The zero-order chi connectivity index (χ0) is 17.1. The number of nitrogens with zero attached hydrogens (tertiary/aromatic N) is 1. The van der Waals surface area contributed by atoms with Crippen molar-refractivity contribution in [3.8, 4) is 11.5 Å². The van der Waals surface area contributed by atoms with Crippen molar-refractivity contribution >= 4 is 23.3 Å². The molecule has 0 unspecified atom stereocenters. The van der Waals surface area contributed by atoms with Crippen LogP contribution in [-0.4, -0.2) is 24.3 Å². The smallest absolute Gasteiger partial charge is 0.322 e. The van der Waals surface area contributed by atoms with Crippen molar-refractivity contribution in [3.63, 3.8) is 0 Å². The van der Waals surface area contributed by atoms with Crippen LogP contribution >= 0.6 is 11.6 Å². The molecule has 0 saturated heterocycles. The summed E-state index contributed by atoms with van der Waals surface area (Å²) >= 11 is 6.10. The molecule has 0 fully saturated rings. The zero-order valence-electron chi connectivity index (χ0n) is 13.6. The number of nitrogens with one attached hydrogen (secondary N) is 1. The van der Waals surface area contributed by atoms with Crippen LogP contribution in [0.5, 0.6) is 11.5 Å². The van der Waals surface area contributed by atoms with Crippen LogP contribution in [0.25, 0.3) is 0 Å². The highest BCUT2D eigenvalue weighted by Gasteiger charge is 2.17. The van der Waals surface area contributed by atoms with E-state index in [9.17, 15) is 4.79 Å². The number of urea groups is 1. The first-order valence-electron chi connectivity index (χ1n) is 7.77. The van der Waals surface area contributed by atoms with Crippen LogP contribution in [0.15, 0.2) is 36.4 Å². The van der Waals surface area contributed by atoms with Gasteiger partial charge >= 0.3 is 6.03 Å². The van der Waals surface area contributed by atoms with Crippen molar-refractivity contribution in [3.05, 3.63) is 52.5 Å². The molecular weight excluding hydrogens is 328 g/mol. The predicted octanol–water partition coefficient (Wildman–Crippen LogP) is 4.43. The SMILES string of the molecule is CCN(Cc1ccc2c(c1)OCO2)C(=O)Nc1ccc(C)c(Cl)c1. The van der Waals surface area contributed by atoms with Crippen molar-refractivity contribution < 1.29 is 14.3 Å². The quantitative estimate of drug-likeness (QED) is 0.890. The second kappa shape index (κ2) is 7.01. The van der Waals surface area contributed by atoms with E-state index in [4.69, 9.17) is 21.1 Å². The number of hydrogen-bond acceptors (Lipinski definition) is 3. The Morgan fingerprint density at radius 3 is 2.75 bits per heavy atom. The first kappa shape index (κ1) is 16.5. The van der Waals surface area contributed by atoms with Crippen molar-refractivity contribution in [1.29, 1.82) is 0 Å². The minimum Gasteiger partial charge on any atom is -0.454 e. The zero-order valence-corrected chi connectivity index (χ0v) is 14.4. The molecule has 3 rings (SSSR count). The van der Waals surface area contributed by atoms with E-state index in [1.807, 2.05) is 44.2 Å². The van der Waals surface area contributed by atoms with Crippen LogP contribution in [0.2, 0.25) is 5.02 Å². The number of fused-ring (bicyclic) bond motifs is 1. The lowest BCUT2D eigenvalue weighted by Crippen LogP contribution is -2.34. The number of ether oxygens (including phenoxy) is 2. The Morgan fingerprint density at radius 1 is 1.21 bits per heavy atom. The van der Waals surface area contributed by atoms with Gasteiger partial charge in [-0.25, -0.2) is 4.79 Å². The molecule has 1 aliphatic rings. The van der Waals surface area contributed by atoms with E-state index >= 15 is 0 Å². The minimum absolute atomic E-state index is 0.171. The van der Waals surface area contributed by atoms with Crippen LogP contribution in [0.4, 0.5) is 10.5 Å². The summed E-state index contributed by atoms with van der Waals surface area (Å²) in [7, 11) is 0. The van der Waals surface area contributed by atoms with E-state index < -0.39 is 0 Å². The Bertz CT molecular complexity index is 764. The average molecular weight is 347 g/mol. The van der Waals surface area contributed by atoms with Gasteiger partial charge in [0.05, 0.1) is 0 Å². The maximum atomic E-state index is 12.5. The summed E-state index contributed by atoms with van der Waals surface area (Å²) in [5.41, 5.74) is 2.64. The van der Waals surface area contributed by atoms with E-state index in [2.05, 4.69) is 5.32 Å². The second-order valence-corrected chi connectivity index (χ2v) is 6.00. The van der Waals surface area contributed by atoms with E-state index in [-0.39, 0.29) is 12.8 Å². The molecule has 0 radical (unpaired) electrons. The summed E-state index contributed by atoms with van der Waals surface area (Å²) in [6.45, 7) is 5.17. The van der Waals surface area contributed by atoms with Gasteiger partial charge in [-0.15, -0.1) is 0 Å². The average Bonchev–Trinajstić information content (AvgIpc) is 3.03. The van der Waals surface area contributed by atoms with Crippen LogP contribution < -0.4 is 14.8 Å². The minimum atomic E-state index is -0.171. The number of hydrogen-bond donors (Lipinski definition) is 1. The summed E-state index contributed by atoms with van der Waals surface area (Å²) in [5, 5.41) is 3.51. The Labute approximate surface area is 146 Å². The lowest BCUT2D eigenvalue weighted by molar-refractivity contribution is 0.174. The Kier molecular flexibility index (Phi) is 4.81. The number of carbonyl (C=O) groups is 1. The molecule has 6 heteroatoms. The van der Waals surface area contributed by atoms with Crippen LogP contribution in [0.1, 0.15) is 18.1 Å². The number of benzene rings is 2. The van der Waals surface area contributed by atoms with Crippen molar-refractivity contribution in [2.45, 2.75) is 20.4 Å². The Balaban J connectivity index is 1.68. The van der Waals surface area contributed by atoms with Gasteiger partial charge in [-0.3, -0.25) is 0 Å². The molecular formula is C18H19ClN2O3. The monoisotopic (exact) mass is 346 g/mol. The van der Waals surface area contributed by atoms with E-state index in [1.165, 1.54) is 0 Å². The van der Waals surface area contributed by atoms with Gasteiger partial charge in [0.15, 0.2) is 11.5 Å². The van der Waals surface area contributed by atoms with Gasteiger partial charge in [0.2, 0.25) is 6.79 Å². The molecule has 0 saturated carbocycles. The lowest BCUT2D eigenvalue weighted by Gasteiger charge is -2.22. The molecule has 1 aliphatic heterocycles. The molecule has 0 atom stereocenters. The van der Waals surface area contributed by atoms with Crippen molar-refractivity contribution in [2.75, 3.05) is 18.7 Å². The fourth-order valence-corrected chi connectivity index (χ4v) is 2.64. The molecule has 1 heterocycles. The molecule has 2 amide bonds. The Morgan fingerprint density at radius 2 is 2.00 bits per heavy atom. The maximum absolute atomic E-state index is 12.5. The number of anilines is 1. The number of carbonyl (C=O) groups excluding carboxylic acids is 1. The molecule has 126 valence electrons. The van der Waals surface area contributed by atoms with Gasteiger partial charge in [0.1, 0.15) is 0 Å². The van der Waals surface area contributed by atoms with E-state index in [1.54, 1.807) is 11.0 Å². The molecule has 0 bridgehead atoms. The normalized spacial score (nSPS) is 12.1. The number of amides is 2. The fourth-order valence-electron chi connectivity index (χ4n) is 2.46. The third-order valence-corrected chi connectivity index (χ3v) is 4.31. The molecule has 5 nitrogen and oxygen atoms in total. The van der Waals surface area contributed by atoms with Crippen LogP contribution in [0.3, 0.4) is 0 Å². The van der Waals surface area contributed by atoms with Gasteiger partial charge in [0, 0.05) is 23.8 Å². The van der Waals surface area contributed by atoms with E-state index in [0.29, 0.717) is 29.5 Å². The third kappa shape index (κ3) is 3.57. The maximum Gasteiger partial charge on any atom is 0.322 e. The topological polar surface area (TPSA) is 50.8 Å². The predicted molar refractivity (Wildman–Crippen MR) is 93.9 cm³/mol. The van der Waals surface area contributed by atoms with Crippen molar-refractivity contribution in [1.82, 2.24) is 4.90 Å². The first-order valence-corrected chi connectivity index (χ1v) is 8.15. The molecule has 0 aliphatic carbocycles. The highest BCUT2D eigenvalue weighted by Crippen LogP contribution is 2.32. The summed E-state index contributed by atoms with van der Waals surface area (Å²) in [6, 6.07) is 11.0. The van der Waals surface area contributed by atoms with Gasteiger partial charge in [-0.2, -0.15) is 0 Å². The molecule has 0 spiro atoms. The molecule has 2 aromatic carbocycles. The summed E-state index contributed by atoms with van der Waals surface area (Å²) < 4.78 is 10.7. The highest BCUT2D eigenvalue weighted by molar-refractivity contribution is 6.31. The van der Waals surface area contributed by atoms with Gasteiger partial charge in [0.25, 0.3) is 0 Å². The molecule has 1 N–H and O–H groups in total. The molecule has 0 aromatic heterocycles. The number of rotatable bonds is 4. The van der Waals surface area contributed by atoms with Crippen LogP contribution in [0, 0.1) is 6.92 Å². The standard InChI is InChI=1S/C18H19ClN2O3/c1-3-21(10-13-5-7-16-17(8-13)24-11-23-16)18(22)20-14-6-4-12(2)15(19)9-14/h4-9H,3,10-11H2,1-2H3,(H,20,22). The highest BCUT2D eigenvalue weighted by atomic mass is 35.5. The summed E-state index contributed by atoms with van der Waals surface area (Å²) in [4.78, 5) is 14.2. The number of halogens is 1. The van der Waals surface area contributed by atoms with Crippen LogP contribution in [-0.2, 0) is 6.54 Å². The van der Waals surface area contributed by atoms with Crippen molar-refractivity contribution in [2.24, 2.45) is 0 Å². The van der Waals surface area contributed by atoms with Gasteiger partial charge < -0.3 is 19.7 Å². The van der Waals surface area contributed by atoms with E-state index in [0.717, 1.165) is 16.9 Å². The fraction of sp³-hybridized carbons (Fsp3) is 0.278. The first-order chi connectivity index (χ1) is 11.6. The largest absolute Gasteiger partial charge is 0.454 e. The van der Waals surface area contributed by atoms with Gasteiger partial charge in [-0.1, -0.05) is 23.7 Å². The number of aryl methyl sites for hydroxylation is 1. The lowest BCUT2D eigenvalue weighted by atomic mass is 10.2. The Hall–Kier alpha value is -2.40.